The van der Waals surface area contributed by atoms with Crippen LogP contribution in [0.1, 0.15) is 30.3 Å². The zero-order valence-corrected chi connectivity index (χ0v) is 13.1. The number of carbonyl (C=O) groups is 2. The second-order valence-corrected chi connectivity index (χ2v) is 5.86. The van der Waals surface area contributed by atoms with Crippen LogP contribution in [0.4, 0.5) is 0 Å². The topological polar surface area (TPSA) is 98.9 Å². The number of piperidine rings is 1. The number of fused-ring (bicyclic) bond motifs is 1. The Kier molecular flexibility index (Phi) is 4.57. The highest BCUT2D eigenvalue weighted by Crippen LogP contribution is 2.14. The van der Waals surface area contributed by atoms with Gasteiger partial charge in [-0.15, -0.1) is 0 Å². The van der Waals surface area contributed by atoms with Gasteiger partial charge in [0.05, 0.1) is 5.52 Å². The fraction of sp³-hybridized carbons (Fsp3) is 0.438. The summed E-state index contributed by atoms with van der Waals surface area (Å²) in [6.07, 6.45) is 2.01. The van der Waals surface area contributed by atoms with Crippen molar-refractivity contribution < 1.29 is 9.59 Å². The SMILES string of the molecule is CC(NC(=O)c1n[nH]c2ccccc12)C(=O)N[C@H]1CCCNC1. The Hall–Kier alpha value is -2.41. The average molecular weight is 315 g/mol. The summed E-state index contributed by atoms with van der Waals surface area (Å²) in [5.41, 5.74) is 1.10. The highest BCUT2D eigenvalue weighted by molar-refractivity contribution is 6.05. The van der Waals surface area contributed by atoms with E-state index in [0.717, 1.165) is 36.8 Å². The van der Waals surface area contributed by atoms with Crippen LogP contribution in [0, 0.1) is 0 Å². The molecule has 2 atom stereocenters. The van der Waals surface area contributed by atoms with Crippen LogP contribution in [0.2, 0.25) is 0 Å². The van der Waals surface area contributed by atoms with E-state index in [-0.39, 0.29) is 17.9 Å². The molecule has 1 aliphatic heterocycles. The molecule has 7 nitrogen and oxygen atoms in total. The van der Waals surface area contributed by atoms with Crippen LogP contribution in [0.25, 0.3) is 10.9 Å². The molecule has 2 amide bonds. The molecule has 1 aromatic heterocycles. The molecular formula is C16H21N5O2. The monoisotopic (exact) mass is 315 g/mol. The van der Waals surface area contributed by atoms with Gasteiger partial charge in [0.25, 0.3) is 5.91 Å². The fourth-order valence-electron chi connectivity index (χ4n) is 2.77. The normalized spacial score (nSPS) is 19.3. The third-order valence-corrected chi connectivity index (χ3v) is 4.07. The van der Waals surface area contributed by atoms with Gasteiger partial charge in [-0.25, -0.2) is 0 Å². The minimum atomic E-state index is -0.611. The van der Waals surface area contributed by atoms with Crippen molar-refractivity contribution in [2.45, 2.75) is 31.8 Å². The first-order chi connectivity index (χ1) is 11.1. The summed E-state index contributed by atoms with van der Waals surface area (Å²) in [6, 6.07) is 6.91. The minimum Gasteiger partial charge on any atom is -0.350 e. The number of rotatable bonds is 4. The minimum absolute atomic E-state index is 0.127. The second-order valence-electron chi connectivity index (χ2n) is 5.86. The number of hydrogen-bond acceptors (Lipinski definition) is 4. The molecule has 1 fully saturated rings. The van der Waals surface area contributed by atoms with Gasteiger partial charge < -0.3 is 16.0 Å². The standard InChI is InChI=1S/C16H21N5O2/c1-10(15(22)19-11-5-4-8-17-9-11)18-16(23)14-12-6-2-3-7-13(12)20-21-14/h2-3,6-7,10-11,17H,4-5,8-9H2,1H3,(H,18,23)(H,19,22)(H,20,21)/t10?,11-/m0/s1. The van der Waals surface area contributed by atoms with Crippen LogP contribution < -0.4 is 16.0 Å². The van der Waals surface area contributed by atoms with Gasteiger partial charge in [-0.05, 0) is 32.4 Å². The summed E-state index contributed by atoms with van der Waals surface area (Å²) in [5.74, 6) is -0.529. The van der Waals surface area contributed by atoms with Crippen molar-refractivity contribution in [2.24, 2.45) is 0 Å². The van der Waals surface area contributed by atoms with Gasteiger partial charge >= 0.3 is 0 Å². The van der Waals surface area contributed by atoms with Gasteiger partial charge in [0.2, 0.25) is 5.91 Å². The number of aromatic nitrogens is 2. The van der Waals surface area contributed by atoms with E-state index in [4.69, 9.17) is 0 Å². The van der Waals surface area contributed by atoms with Crippen molar-refractivity contribution in [2.75, 3.05) is 13.1 Å². The molecule has 1 unspecified atom stereocenters. The molecule has 4 N–H and O–H groups in total. The van der Waals surface area contributed by atoms with E-state index >= 15 is 0 Å². The molecule has 122 valence electrons. The number of hydrogen-bond donors (Lipinski definition) is 4. The molecule has 1 saturated heterocycles. The number of nitrogens with one attached hydrogen (secondary N) is 4. The first-order valence-corrected chi connectivity index (χ1v) is 7.90. The number of amides is 2. The second kappa shape index (κ2) is 6.78. The highest BCUT2D eigenvalue weighted by atomic mass is 16.2. The van der Waals surface area contributed by atoms with Gasteiger partial charge in [0, 0.05) is 18.0 Å². The maximum atomic E-state index is 12.3. The molecular weight excluding hydrogens is 294 g/mol. The van der Waals surface area contributed by atoms with Gasteiger partial charge in [0.15, 0.2) is 5.69 Å². The molecule has 1 aromatic carbocycles. The summed E-state index contributed by atoms with van der Waals surface area (Å²) in [6.45, 7) is 3.44. The van der Waals surface area contributed by atoms with Crippen LogP contribution in [-0.4, -0.2) is 47.2 Å². The van der Waals surface area contributed by atoms with Crippen molar-refractivity contribution in [1.82, 2.24) is 26.1 Å². The van der Waals surface area contributed by atoms with Crippen molar-refractivity contribution in [3.63, 3.8) is 0 Å². The number of H-pyrrole nitrogens is 1. The Morgan fingerprint density at radius 2 is 2.17 bits per heavy atom. The molecule has 0 spiro atoms. The summed E-state index contributed by atoms with van der Waals surface area (Å²) in [4.78, 5) is 24.5. The van der Waals surface area contributed by atoms with E-state index < -0.39 is 6.04 Å². The van der Waals surface area contributed by atoms with Crippen molar-refractivity contribution in [1.29, 1.82) is 0 Å². The molecule has 1 aliphatic rings. The lowest BCUT2D eigenvalue weighted by atomic mass is 10.1. The van der Waals surface area contributed by atoms with E-state index in [1.54, 1.807) is 6.92 Å². The zero-order valence-electron chi connectivity index (χ0n) is 13.1. The Labute approximate surface area is 134 Å². The van der Waals surface area contributed by atoms with Crippen LogP contribution in [0.5, 0.6) is 0 Å². The van der Waals surface area contributed by atoms with E-state index in [1.165, 1.54) is 0 Å². The zero-order chi connectivity index (χ0) is 16.2. The first kappa shape index (κ1) is 15.5. The van der Waals surface area contributed by atoms with E-state index in [9.17, 15) is 9.59 Å². The molecule has 3 rings (SSSR count). The third-order valence-electron chi connectivity index (χ3n) is 4.07. The number of carbonyl (C=O) groups excluding carboxylic acids is 2. The molecule has 0 radical (unpaired) electrons. The van der Waals surface area contributed by atoms with Crippen LogP contribution in [0.3, 0.4) is 0 Å². The average Bonchev–Trinajstić information content (AvgIpc) is 2.99. The third kappa shape index (κ3) is 3.50. The van der Waals surface area contributed by atoms with Gasteiger partial charge in [-0.1, -0.05) is 18.2 Å². The van der Waals surface area contributed by atoms with Gasteiger partial charge in [-0.3, -0.25) is 14.7 Å². The maximum Gasteiger partial charge on any atom is 0.273 e. The van der Waals surface area contributed by atoms with E-state index in [2.05, 4.69) is 26.1 Å². The largest absolute Gasteiger partial charge is 0.350 e. The number of benzene rings is 1. The first-order valence-electron chi connectivity index (χ1n) is 7.90. The molecule has 0 saturated carbocycles. The van der Waals surface area contributed by atoms with E-state index in [0.29, 0.717) is 5.69 Å². The molecule has 2 heterocycles. The number of para-hydroxylation sites is 1. The van der Waals surface area contributed by atoms with Gasteiger partial charge in [0.1, 0.15) is 6.04 Å². The van der Waals surface area contributed by atoms with Crippen LogP contribution >= 0.6 is 0 Å². The van der Waals surface area contributed by atoms with Crippen molar-refractivity contribution in [3.05, 3.63) is 30.0 Å². The number of nitrogens with zero attached hydrogens (tertiary/aromatic N) is 1. The Morgan fingerprint density at radius 1 is 1.35 bits per heavy atom. The lowest BCUT2D eigenvalue weighted by molar-refractivity contribution is -0.123. The Bertz CT molecular complexity index is 705. The lowest BCUT2D eigenvalue weighted by Crippen LogP contribution is -2.52. The molecule has 23 heavy (non-hydrogen) atoms. The smallest absolute Gasteiger partial charge is 0.273 e. The lowest BCUT2D eigenvalue weighted by Gasteiger charge is -2.25. The van der Waals surface area contributed by atoms with Crippen molar-refractivity contribution >= 4 is 22.7 Å². The predicted molar refractivity (Wildman–Crippen MR) is 87.1 cm³/mol. The maximum absolute atomic E-state index is 12.3. The molecule has 2 aromatic rings. The summed E-state index contributed by atoms with van der Waals surface area (Å²) < 4.78 is 0. The summed E-state index contributed by atoms with van der Waals surface area (Å²) in [7, 11) is 0. The highest BCUT2D eigenvalue weighted by Gasteiger charge is 2.22. The Balaban J connectivity index is 1.61. The summed E-state index contributed by atoms with van der Waals surface area (Å²) in [5, 5.41) is 16.5. The summed E-state index contributed by atoms with van der Waals surface area (Å²) >= 11 is 0. The van der Waals surface area contributed by atoms with Crippen LogP contribution in [-0.2, 0) is 4.79 Å². The van der Waals surface area contributed by atoms with Crippen molar-refractivity contribution in [3.8, 4) is 0 Å². The number of aromatic amines is 1. The van der Waals surface area contributed by atoms with Crippen LogP contribution in [0.15, 0.2) is 24.3 Å². The molecule has 0 bridgehead atoms. The quantitative estimate of drug-likeness (QED) is 0.662. The molecule has 0 aliphatic carbocycles. The van der Waals surface area contributed by atoms with Gasteiger partial charge in [-0.2, -0.15) is 5.10 Å². The fourth-order valence-corrected chi connectivity index (χ4v) is 2.77. The Morgan fingerprint density at radius 3 is 2.96 bits per heavy atom. The molecule has 7 heteroatoms. The predicted octanol–water partition coefficient (Wildman–Crippen LogP) is 0.549. The van der Waals surface area contributed by atoms with E-state index in [1.807, 2.05) is 24.3 Å².